The van der Waals surface area contributed by atoms with Crippen LogP contribution in [-0.4, -0.2) is 112 Å². The van der Waals surface area contributed by atoms with E-state index in [4.69, 9.17) is 23.7 Å². The molecule has 57 heavy (non-hydrogen) atoms. The minimum Gasteiger partial charge on any atom is -0.445 e. The first-order chi connectivity index (χ1) is 27.9. The van der Waals surface area contributed by atoms with Gasteiger partial charge in [0.2, 0.25) is 11.8 Å². The number of hydrogen-bond donors (Lipinski definition) is 2. The lowest BCUT2D eigenvalue weighted by Crippen LogP contribution is -2.52. The van der Waals surface area contributed by atoms with Gasteiger partial charge in [-0.3, -0.25) is 9.59 Å². The maximum absolute atomic E-state index is 14.1. The average molecular weight is 781 g/mol. The predicted octanol–water partition coefficient (Wildman–Crippen LogP) is 4.78. The molecule has 302 valence electrons. The Hall–Kier alpha value is -5.76. The number of amides is 4. The van der Waals surface area contributed by atoms with Gasteiger partial charge in [-0.25, -0.2) is 9.59 Å². The standard InChI is InChI=1S/C44H52N4O9/c49-41(39(31-35-13-5-1-6-14-35)45-43(51)56-33-37-17-9-3-10-18-37)47-21-25-53-26-22-48(24-28-55-30-29-54-27-23-47)42(50)40(32-36-15-7-2-8-16-36)46-44(52)57-34-38-19-11-4-12-20-38/h1-20,39-40H,21-34H2,(H,45,51)(H,46,52). The fourth-order valence-corrected chi connectivity index (χ4v) is 6.14. The minimum absolute atomic E-state index is 0.0628. The van der Waals surface area contributed by atoms with Gasteiger partial charge in [0.05, 0.1) is 39.6 Å². The van der Waals surface area contributed by atoms with Gasteiger partial charge < -0.3 is 44.1 Å². The van der Waals surface area contributed by atoms with Crippen LogP contribution in [0.1, 0.15) is 22.3 Å². The van der Waals surface area contributed by atoms with Gasteiger partial charge in [-0.15, -0.1) is 0 Å². The zero-order valence-electron chi connectivity index (χ0n) is 32.2. The zero-order chi connectivity index (χ0) is 39.9. The molecule has 4 aromatic rings. The van der Waals surface area contributed by atoms with Crippen molar-refractivity contribution in [3.05, 3.63) is 144 Å². The third-order valence-corrected chi connectivity index (χ3v) is 9.19. The summed E-state index contributed by atoms with van der Waals surface area (Å²) in [6.45, 7) is 2.42. The van der Waals surface area contributed by atoms with Gasteiger partial charge in [0.1, 0.15) is 25.3 Å². The molecule has 13 heteroatoms. The summed E-state index contributed by atoms with van der Waals surface area (Å²) in [5, 5.41) is 5.57. The molecule has 1 saturated heterocycles. The fourth-order valence-electron chi connectivity index (χ4n) is 6.14. The van der Waals surface area contributed by atoms with E-state index in [1.165, 1.54) is 0 Å². The topological polar surface area (TPSA) is 145 Å². The molecule has 1 aliphatic heterocycles. The van der Waals surface area contributed by atoms with Crippen molar-refractivity contribution in [2.75, 3.05) is 65.8 Å². The molecule has 1 aliphatic rings. The summed E-state index contributed by atoms with van der Waals surface area (Å²) >= 11 is 0. The molecule has 4 amide bonds. The van der Waals surface area contributed by atoms with Gasteiger partial charge in [0.25, 0.3) is 0 Å². The molecule has 1 fully saturated rings. The first kappa shape index (κ1) is 42.4. The van der Waals surface area contributed by atoms with Crippen molar-refractivity contribution in [3.8, 4) is 0 Å². The lowest BCUT2D eigenvalue weighted by Gasteiger charge is -2.29. The van der Waals surface area contributed by atoms with E-state index in [9.17, 15) is 19.2 Å². The van der Waals surface area contributed by atoms with Crippen LogP contribution >= 0.6 is 0 Å². The average Bonchev–Trinajstić information content (AvgIpc) is 3.25. The first-order valence-electron chi connectivity index (χ1n) is 19.3. The second kappa shape index (κ2) is 24.0. The highest BCUT2D eigenvalue weighted by Gasteiger charge is 2.29. The Bertz CT molecular complexity index is 1650. The molecule has 2 N–H and O–H groups in total. The summed E-state index contributed by atoms with van der Waals surface area (Å²) in [7, 11) is 0. The molecule has 0 aliphatic carbocycles. The quantitative estimate of drug-likeness (QED) is 0.208. The molecule has 5 rings (SSSR count). The highest BCUT2D eigenvalue weighted by atomic mass is 16.6. The van der Waals surface area contributed by atoms with E-state index in [2.05, 4.69) is 10.6 Å². The lowest BCUT2D eigenvalue weighted by molar-refractivity contribution is -0.135. The summed E-state index contributed by atoms with van der Waals surface area (Å²) < 4.78 is 28.6. The van der Waals surface area contributed by atoms with Crippen LogP contribution in [0.2, 0.25) is 0 Å². The number of nitrogens with zero attached hydrogens (tertiary/aromatic N) is 2. The van der Waals surface area contributed by atoms with Crippen LogP contribution in [0.15, 0.2) is 121 Å². The molecule has 0 aromatic heterocycles. The molecule has 0 saturated carbocycles. The van der Waals surface area contributed by atoms with Crippen molar-refractivity contribution >= 4 is 24.0 Å². The predicted molar refractivity (Wildman–Crippen MR) is 213 cm³/mol. The summed E-state index contributed by atoms with van der Waals surface area (Å²) in [6, 6.07) is 35.7. The molecular formula is C44H52N4O9. The molecule has 2 atom stereocenters. The van der Waals surface area contributed by atoms with Gasteiger partial charge in [-0.2, -0.15) is 0 Å². The second-order valence-corrected chi connectivity index (χ2v) is 13.4. The Morgan fingerprint density at radius 3 is 1.09 bits per heavy atom. The monoisotopic (exact) mass is 780 g/mol. The maximum atomic E-state index is 14.1. The second-order valence-electron chi connectivity index (χ2n) is 13.4. The smallest absolute Gasteiger partial charge is 0.408 e. The summed E-state index contributed by atoms with van der Waals surface area (Å²) in [5.74, 6) is -0.622. The number of carbonyl (C=O) groups is 4. The largest absolute Gasteiger partial charge is 0.445 e. The zero-order valence-corrected chi connectivity index (χ0v) is 32.2. The Balaban J connectivity index is 1.22. The molecule has 2 unspecified atom stereocenters. The van der Waals surface area contributed by atoms with Gasteiger partial charge in [0.15, 0.2) is 0 Å². The summed E-state index contributed by atoms with van der Waals surface area (Å²) in [5.41, 5.74) is 3.40. The van der Waals surface area contributed by atoms with E-state index in [1.54, 1.807) is 9.80 Å². The van der Waals surface area contributed by atoms with Crippen LogP contribution in [0.4, 0.5) is 9.59 Å². The van der Waals surface area contributed by atoms with Gasteiger partial charge in [0, 0.05) is 39.0 Å². The number of nitrogens with one attached hydrogen (secondary N) is 2. The third-order valence-electron chi connectivity index (χ3n) is 9.19. The maximum Gasteiger partial charge on any atom is 0.408 e. The molecule has 0 spiro atoms. The molecule has 4 aromatic carbocycles. The Labute approximate surface area is 334 Å². The SMILES string of the molecule is O=C(NC(Cc1ccccc1)C(=O)N1CCOCCOCCN(C(=O)C(Cc2ccccc2)NC(=O)OCc2ccccc2)CCOCC1)OCc1ccccc1. The number of ether oxygens (including phenoxy) is 5. The normalized spacial score (nSPS) is 15.5. The fraction of sp³-hybridized carbons (Fsp3) is 0.364. The van der Waals surface area contributed by atoms with Crippen LogP contribution in [-0.2, 0) is 59.3 Å². The summed E-state index contributed by atoms with van der Waals surface area (Å²) in [6.07, 6.45) is -0.904. The van der Waals surface area contributed by atoms with Gasteiger partial charge in [-0.05, 0) is 22.3 Å². The number of alkyl carbamates (subject to hydrolysis) is 2. The van der Waals surface area contributed by atoms with Crippen molar-refractivity contribution in [1.29, 1.82) is 0 Å². The highest BCUT2D eigenvalue weighted by Crippen LogP contribution is 2.11. The van der Waals surface area contributed by atoms with E-state index in [-0.39, 0.29) is 104 Å². The minimum atomic E-state index is -0.914. The Morgan fingerprint density at radius 1 is 0.456 bits per heavy atom. The van der Waals surface area contributed by atoms with Crippen molar-refractivity contribution in [3.63, 3.8) is 0 Å². The molecule has 13 nitrogen and oxygen atoms in total. The highest BCUT2D eigenvalue weighted by molar-refractivity contribution is 5.86. The summed E-state index contributed by atoms with van der Waals surface area (Å²) in [4.78, 5) is 57.4. The van der Waals surface area contributed by atoms with Crippen LogP contribution in [0, 0.1) is 0 Å². The van der Waals surface area contributed by atoms with Crippen LogP contribution in [0.25, 0.3) is 0 Å². The third kappa shape index (κ3) is 15.4. The lowest BCUT2D eigenvalue weighted by atomic mass is 10.0. The number of hydrogen-bond acceptors (Lipinski definition) is 9. The van der Waals surface area contributed by atoms with E-state index < -0.39 is 24.3 Å². The Kier molecular flexibility index (Phi) is 17.8. The van der Waals surface area contributed by atoms with Crippen LogP contribution in [0.5, 0.6) is 0 Å². The van der Waals surface area contributed by atoms with Crippen molar-refractivity contribution in [1.82, 2.24) is 20.4 Å². The van der Waals surface area contributed by atoms with E-state index in [0.717, 1.165) is 22.3 Å². The van der Waals surface area contributed by atoms with Crippen molar-refractivity contribution < 1.29 is 42.9 Å². The van der Waals surface area contributed by atoms with E-state index in [1.807, 2.05) is 121 Å². The van der Waals surface area contributed by atoms with Crippen molar-refractivity contribution in [2.45, 2.75) is 38.1 Å². The molecule has 0 bridgehead atoms. The molecule has 1 heterocycles. The van der Waals surface area contributed by atoms with E-state index in [0.29, 0.717) is 0 Å². The number of rotatable bonds is 12. The number of benzene rings is 4. The first-order valence-corrected chi connectivity index (χ1v) is 19.3. The van der Waals surface area contributed by atoms with E-state index >= 15 is 0 Å². The number of carbonyl (C=O) groups excluding carboxylic acids is 4. The van der Waals surface area contributed by atoms with Crippen LogP contribution in [0.3, 0.4) is 0 Å². The molecule has 0 radical (unpaired) electrons. The van der Waals surface area contributed by atoms with Crippen molar-refractivity contribution in [2.24, 2.45) is 0 Å². The molecular weight excluding hydrogens is 729 g/mol. The van der Waals surface area contributed by atoms with Gasteiger partial charge in [-0.1, -0.05) is 121 Å². The van der Waals surface area contributed by atoms with Gasteiger partial charge >= 0.3 is 12.2 Å². The Morgan fingerprint density at radius 2 is 0.754 bits per heavy atom. The van der Waals surface area contributed by atoms with Crippen LogP contribution < -0.4 is 10.6 Å².